The molecule has 0 saturated carbocycles. The quantitative estimate of drug-likeness (QED) is 0.305. The highest BCUT2D eigenvalue weighted by Crippen LogP contribution is 2.44. The summed E-state index contributed by atoms with van der Waals surface area (Å²) in [6, 6.07) is 7.73. The van der Waals surface area contributed by atoms with Gasteiger partial charge in [-0.3, -0.25) is 0 Å². The van der Waals surface area contributed by atoms with Crippen LogP contribution in [0.25, 0.3) is 0 Å². The van der Waals surface area contributed by atoms with E-state index in [4.69, 9.17) is 18.9 Å². The monoisotopic (exact) mass is 478 g/mol. The third-order valence-corrected chi connectivity index (χ3v) is 7.35. The van der Waals surface area contributed by atoms with Gasteiger partial charge < -0.3 is 18.9 Å². The van der Waals surface area contributed by atoms with Crippen molar-refractivity contribution < 1.29 is 28.5 Å². The third-order valence-electron chi connectivity index (χ3n) is 4.40. The van der Waals surface area contributed by atoms with Crippen molar-refractivity contribution in [1.82, 2.24) is 0 Å². The van der Waals surface area contributed by atoms with Crippen LogP contribution in [0, 0.1) is 27.7 Å². The zero-order valence-electron chi connectivity index (χ0n) is 19.4. The fourth-order valence-electron chi connectivity index (χ4n) is 3.02. The van der Waals surface area contributed by atoms with E-state index in [2.05, 4.69) is 0 Å². The lowest BCUT2D eigenvalue weighted by atomic mass is 10.1. The number of carbonyl (C=O) groups excluding carboxylic acids is 2. The Morgan fingerprint density at radius 1 is 0.656 bits per heavy atom. The maximum absolute atomic E-state index is 11.5. The molecule has 174 valence electrons. The highest BCUT2D eigenvalue weighted by molar-refractivity contribution is 8.76. The summed E-state index contributed by atoms with van der Waals surface area (Å²) < 4.78 is 20.9. The first-order valence-corrected chi connectivity index (χ1v) is 12.5. The first kappa shape index (κ1) is 25.9. The average molecular weight is 479 g/mol. The van der Waals surface area contributed by atoms with Crippen LogP contribution in [-0.2, 0) is 19.1 Å². The van der Waals surface area contributed by atoms with Gasteiger partial charge in [0.05, 0.1) is 13.2 Å². The van der Waals surface area contributed by atoms with Gasteiger partial charge >= 0.3 is 11.9 Å². The van der Waals surface area contributed by atoms with Crippen molar-refractivity contribution in [2.24, 2.45) is 0 Å². The summed E-state index contributed by atoms with van der Waals surface area (Å²) in [6.45, 7) is 12.1. The van der Waals surface area contributed by atoms with Crippen LogP contribution in [-0.4, -0.2) is 38.4 Å². The lowest BCUT2D eigenvalue weighted by Crippen LogP contribution is -2.14. The normalized spacial score (nSPS) is 10.6. The van der Waals surface area contributed by atoms with E-state index in [0.29, 0.717) is 24.7 Å². The van der Waals surface area contributed by atoms with E-state index in [1.807, 2.05) is 52.0 Å². The number of carbonyl (C=O) groups is 2. The highest BCUT2D eigenvalue weighted by atomic mass is 33.1. The van der Waals surface area contributed by atoms with Crippen molar-refractivity contribution in [3.8, 4) is 11.5 Å². The highest BCUT2D eigenvalue weighted by Gasteiger charge is 2.13. The zero-order chi connectivity index (χ0) is 23.7. The van der Waals surface area contributed by atoms with Gasteiger partial charge in [-0.2, -0.15) is 0 Å². The van der Waals surface area contributed by atoms with Crippen LogP contribution in [0.5, 0.6) is 11.5 Å². The lowest BCUT2D eigenvalue weighted by Gasteiger charge is -2.15. The summed E-state index contributed by atoms with van der Waals surface area (Å²) in [4.78, 5) is 25.3. The van der Waals surface area contributed by atoms with Crippen LogP contribution >= 0.6 is 21.6 Å². The molecule has 0 heterocycles. The van der Waals surface area contributed by atoms with Crippen molar-refractivity contribution in [3.63, 3.8) is 0 Å². The molecule has 0 N–H and O–H groups in total. The molecule has 2 aromatic rings. The van der Waals surface area contributed by atoms with Crippen molar-refractivity contribution >= 4 is 33.5 Å². The molecule has 32 heavy (non-hydrogen) atoms. The van der Waals surface area contributed by atoms with Crippen molar-refractivity contribution in [3.05, 3.63) is 46.5 Å². The van der Waals surface area contributed by atoms with Crippen LogP contribution < -0.4 is 9.47 Å². The summed E-state index contributed by atoms with van der Waals surface area (Å²) in [5.41, 5.74) is 4.30. The summed E-state index contributed by atoms with van der Waals surface area (Å²) in [5.74, 6) is 0.547. The number of rotatable bonds is 11. The number of ether oxygens (including phenoxy) is 4. The standard InChI is InChI=1S/C24H30O6S2/c1-7-27-21(25)13-29-19-9-15(3)23(16(4)10-19)31-32-24-17(5)11-20(12-18(24)6)30-14-22(26)28-8-2/h9-12H,7-8,13-14H2,1-6H3. The summed E-state index contributed by atoms with van der Waals surface area (Å²) in [7, 11) is 3.36. The molecule has 0 unspecified atom stereocenters. The van der Waals surface area contributed by atoms with E-state index in [9.17, 15) is 9.59 Å². The second-order valence-corrected chi connectivity index (χ2v) is 9.28. The van der Waals surface area contributed by atoms with Gasteiger partial charge in [0.15, 0.2) is 13.2 Å². The molecule has 2 aromatic carbocycles. The average Bonchev–Trinajstić information content (AvgIpc) is 2.72. The molecule has 0 aliphatic rings. The predicted molar refractivity (Wildman–Crippen MR) is 128 cm³/mol. The number of esters is 2. The number of aryl methyl sites for hydroxylation is 4. The maximum Gasteiger partial charge on any atom is 0.344 e. The fourth-order valence-corrected chi connectivity index (χ4v) is 6.03. The number of hydrogen-bond donors (Lipinski definition) is 0. The van der Waals surface area contributed by atoms with E-state index < -0.39 is 0 Å². The van der Waals surface area contributed by atoms with Gasteiger partial charge in [-0.05, 0) is 88.1 Å². The molecule has 0 aromatic heterocycles. The van der Waals surface area contributed by atoms with E-state index >= 15 is 0 Å². The topological polar surface area (TPSA) is 71.1 Å². The molecule has 2 rings (SSSR count). The van der Waals surface area contributed by atoms with Gasteiger partial charge in [0.25, 0.3) is 0 Å². The fraction of sp³-hybridized carbons (Fsp3) is 0.417. The second-order valence-electron chi connectivity index (χ2n) is 7.13. The predicted octanol–water partition coefficient (Wildman–Crippen LogP) is 5.60. The van der Waals surface area contributed by atoms with E-state index in [-0.39, 0.29) is 25.2 Å². The Morgan fingerprint density at radius 3 is 1.25 bits per heavy atom. The number of benzene rings is 2. The third kappa shape index (κ3) is 7.67. The Balaban J connectivity index is 2.04. The van der Waals surface area contributed by atoms with E-state index in [0.717, 1.165) is 32.0 Å². The SMILES string of the molecule is CCOC(=O)COc1cc(C)c(SSc2c(C)cc(OCC(=O)OCC)cc2C)c(C)c1. The maximum atomic E-state index is 11.5. The lowest BCUT2D eigenvalue weighted by molar-refractivity contribution is -0.146. The molecule has 0 bridgehead atoms. The van der Waals surface area contributed by atoms with Crippen LogP contribution in [0.4, 0.5) is 0 Å². The molecular formula is C24H30O6S2. The molecule has 8 heteroatoms. The van der Waals surface area contributed by atoms with Gasteiger partial charge in [0, 0.05) is 9.79 Å². The van der Waals surface area contributed by atoms with Gasteiger partial charge in [0.2, 0.25) is 0 Å². The molecule has 0 saturated heterocycles. The van der Waals surface area contributed by atoms with Crippen LogP contribution in [0.1, 0.15) is 36.1 Å². The molecule has 6 nitrogen and oxygen atoms in total. The largest absolute Gasteiger partial charge is 0.482 e. The summed E-state index contributed by atoms with van der Waals surface area (Å²) in [5, 5.41) is 0. The molecule has 0 atom stereocenters. The smallest absolute Gasteiger partial charge is 0.344 e. The zero-order valence-corrected chi connectivity index (χ0v) is 21.0. The summed E-state index contributed by atoms with van der Waals surface area (Å²) >= 11 is 0. The van der Waals surface area contributed by atoms with Crippen molar-refractivity contribution in [2.75, 3.05) is 26.4 Å². The molecule has 0 aliphatic heterocycles. The van der Waals surface area contributed by atoms with Gasteiger partial charge in [-0.15, -0.1) is 0 Å². The minimum Gasteiger partial charge on any atom is -0.482 e. The van der Waals surface area contributed by atoms with Gasteiger partial charge in [-0.1, -0.05) is 21.6 Å². The van der Waals surface area contributed by atoms with E-state index in [1.54, 1.807) is 35.4 Å². The minimum absolute atomic E-state index is 0.100. The second kappa shape index (κ2) is 12.6. The molecule has 0 fully saturated rings. The van der Waals surface area contributed by atoms with Crippen LogP contribution in [0.3, 0.4) is 0 Å². The molecule has 0 radical (unpaired) electrons. The minimum atomic E-state index is -0.377. The summed E-state index contributed by atoms with van der Waals surface area (Å²) in [6.07, 6.45) is 0. The Kier molecular flexibility index (Phi) is 10.3. The van der Waals surface area contributed by atoms with Gasteiger partial charge in [-0.25, -0.2) is 9.59 Å². The molecule has 0 aliphatic carbocycles. The number of hydrogen-bond acceptors (Lipinski definition) is 8. The van der Waals surface area contributed by atoms with Crippen LogP contribution in [0.15, 0.2) is 34.1 Å². The molecule has 0 amide bonds. The van der Waals surface area contributed by atoms with Crippen LogP contribution in [0.2, 0.25) is 0 Å². The first-order valence-electron chi connectivity index (χ1n) is 10.4. The van der Waals surface area contributed by atoms with Crippen molar-refractivity contribution in [1.29, 1.82) is 0 Å². The van der Waals surface area contributed by atoms with E-state index in [1.165, 1.54) is 0 Å². The Bertz CT molecular complexity index is 834. The Labute approximate surface area is 197 Å². The Morgan fingerprint density at radius 2 is 0.969 bits per heavy atom. The molecule has 0 spiro atoms. The first-order chi connectivity index (χ1) is 15.2. The Hall–Kier alpha value is -2.32. The molecular weight excluding hydrogens is 448 g/mol. The van der Waals surface area contributed by atoms with Gasteiger partial charge in [0.1, 0.15) is 11.5 Å². The van der Waals surface area contributed by atoms with Crippen molar-refractivity contribution in [2.45, 2.75) is 51.3 Å².